The van der Waals surface area contributed by atoms with E-state index in [0.717, 1.165) is 11.4 Å². The molecule has 10 heteroatoms. The minimum atomic E-state index is -0.384. The Morgan fingerprint density at radius 3 is 2.74 bits per heavy atom. The van der Waals surface area contributed by atoms with Crippen molar-refractivity contribution in [2.75, 3.05) is 17.3 Å². The third-order valence-electron chi connectivity index (χ3n) is 6.29. The first-order chi connectivity index (χ1) is 18.4. The van der Waals surface area contributed by atoms with Crippen LogP contribution in [-0.4, -0.2) is 23.1 Å². The van der Waals surface area contributed by atoms with Crippen molar-refractivity contribution in [3.8, 4) is 17.1 Å². The van der Waals surface area contributed by atoms with Crippen LogP contribution < -0.4 is 20.3 Å². The van der Waals surface area contributed by atoms with Gasteiger partial charge in [-0.3, -0.25) is 9.78 Å². The Kier molecular flexibility index (Phi) is 7.56. The second-order valence-corrected chi connectivity index (χ2v) is 9.76. The highest BCUT2D eigenvalue weighted by Gasteiger charge is 2.43. The fraction of sp³-hybridized carbons (Fsp3) is 0.179. The Labute approximate surface area is 235 Å². The van der Waals surface area contributed by atoms with Crippen LogP contribution >= 0.6 is 35.4 Å². The molecule has 1 fully saturated rings. The van der Waals surface area contributed by atoms with E-state index < -0.39 is 0 Å². The first kappa shape index (κ1) is 26.0. The smallest absolute Gasteiger partial charge is 0.224 e. The molecule has 1 amide bonds. The Morgan fingerprint density at radius 1 is 1.16 bits per heavy atom. The first-order valence-corrected chi connectivity index (χ1v) is 13.1. The van der Waals surface area contributed by atoms with E-state index in [9.17, 15) is 4.79 Å². The predicted octanol–water partition coefficient (Wildman–Crippen LogP) is 7.18. The van der Waals surface area contributed by atoms with Gasteiger partial charge in [0.2, 0.25) is 5.91 Å². The van der Waals surface area contributed by atoms with E-state index >= 15 is 0 Å². The molecule has 0 unspecified atom stereocenters. The van der Waals surface area contributed by atoms with Gasteiger partial charge in [-0.2, -0.15) is 0 Å². The number of nitrogens with one attached hydrogen (secondary N) is 2. The fourth-order valence-electron chi connectivity index (χ4n) is 4.44. The van der Waals surface area contributed by atoms with Crippen molar-refractivity contribution < 1.29 is 13.9 Å². The summed E-state index contributed by atoms with van der Waals surface area (Å²) in [5.41, 5.74) is 2.84. The molecule has 5 rings (SSSR count). The van der Waals surface area contributed by atoms with E-state index in [2.05, 4.69) is 15.6 Å². The number of halogens is 2. The molecule has 4 aromatic rings. The van der Waals surface area contributed by atoms with Gasteiger partial charge in [-0.1, -0.05) is 42.3 Å². The molecule has 0 aliphatic carbocycles. The number of methoxy groups -OCH3 is 1. The number of anilines is 2. The molecule has 0 saturated carbocycles. The summed E-state index contributed by atoms with van der Waals surface area (Å²) in [6.45, 7) is 1.79. The number of pyridine rings is 1. The van der Waals surface area contributed by atoms with Crippen molar-refractivity contribution in [2.24, 2.45) is 0 Å². The van der Waals surface area contributed by atoms with Gasteiger partial charge in [0, 0.05) is 29.9 Å². The SMILES string of the molecule is CCC(=O)Nc1ccc(N2C(=S)N[C@@H](c3ccccn3)[C@@H]2c2ccc(-c3cccc(Cl)c3Cl)o2)cc1OC. The van der Waals surface area contributed by atoms with Crippen LogP contribution in [0, 0.1) is 0 Å². The summed E-state index contributed by atoms with van der Waals surface area (Å²) < 4.78 is 12.0. The zero-order chi connectivity index (χ0) is 26.8. The van der Waals surface area contributed by atoms with E-state index in [0.29, 0.717) is 50.1 Å². The second kappa shape index (κ2) is 11.0. The number of carbonyl (C=O) groups is 1. The van der Waals surface area contributed by atoms with Crippen molar-refractivity contribution in [1.82, 2.24) is 10.3 Å². The first-order valence-electron chi connectivity index (χ1n) is 11.9. The average Bonchev–Trinajstić information content (AvgIpc) is 3.55. The molecule has 2 atom stereocenters. The summed E-state index contributed by atoms with van der Waals surface area (Å²) in [6, 6.07) is 19.8. The molecule has 1 aliphatic rings. The van der Waals surface area contributed by atoms with Crippen LogP contribution in [0.3, 0.4) is 0 Å². The van der Waals surface area contributed by atoms with Gasteiger partial charge < -0.3 is 24.7 Å². The van der Waals surface area contributed by atoms with Gasteiger partial charge in [-0.05, 0) is 60.7 Å². The summed E-state index contributed by atoms with van der Waals surface area (Å²) in [6.07, 6.45) is 2.10. The number of rotatable bonds is 7. The molecule has 0 spiro atoms. The highest BCUT2D eigenvalue weighted by molar-refractivity contribution is 7.80. The van der Waals surface area contributed by atoms with E-state index in [1.807, 2.05) is 59.5 Å². The predicted molar refractivity (Wildman–Crippen MR) is 154 cm³/mol. The number of furan rings is 1. The largest absolute Gasteiger partial charge is 0.494 e. The van der Waals surface area contributed by atoms with Crippen LogP contribution in [0.5, 0.6) is 5.75 Å². The topological polar surface area (TPSA) is 79.6 Å². The number of hydrogen-bond donors (Lipinski definition) is 2. The zero-order valence-electron chi connectivity index (χ0n) is 20.6. The molecule has 38 heavy (non-hydrogen) atoms. The number of hydrogen-bond acceptors (Lipinski definition) is 5. The van der Waals surface area contributed by atoms with Crippen LogP contribution in [0.15, 0.2) is 77.3 Å². The number of benzene rings is 2. The monoisotopic (exact) mass is 566 g/mol. The van der Waals surface area contributed by atoms with Gasteiger partial charge in [0.15, 0.2) is 5.11 Å². The van der Waals surface area contributed by atoms with Gasteiger partial charge >= 0.3 is 0 Å². The van der Waals surface area contributed by atoms with Gasteiger partial charge in [0.1, 0.15) is 23.3 Å². The number of nitrogens with zero attached hydrogens (tertiary/aromatic N) is 2. The summed E-state index contributed by atoms with van der Waals surface area (Å²) in [4.78, 5) is 18.5. The lowest BCUT2D eigenvalue weighted by Crippen LogP contribution is -2.29. The minimum Gasteiger partial charge on any atom is -0.494 e. The fourth-order valence-corrected chi connectivity index (χ4v) is 5.18. The van der Waals surface area contributed by atoms with Gasteiger partial charge in [0.25, 0.3) is 0 Å². The quantitative estimate of drug-likeness (QED) is 0.229. The highest BCUT2D eigenvalue weighted by atomic mass is 35.5. The molecule has 3 heterocycles. The maximum atomic E-state index is 12.0. The molecule has 1 aliphatic heterocycles. The number of thiocarbonyl (C=S) groups is 1. The molecular weight excluding hydrogens is 543 g/mol. The molecule has 0 bridgehead atoms. The van der Waals surface area contributed by atoms with E-state index in [4.69, 9.17) is 44.6 Å². The van der Waals surface area contributed by atoms with Crippen LogP contribution in [-0.2, 0) is 4.79 Å². The normalized spacial score (nSPS) is 16.8. The molecule has 2 N–H and O–H groups in total. The summed E-state index contributed by atoms with van der Waals surface area (Å²) in [5.74, 6) is 1.64. The number of aromatic nitrogens is 1. The molecule has 2 aromatic heterocycles. The highest BCUT2D eigenvalue weighted by Crippen LogP contribution is 2.45. The van der Waals surface area contributed by atoms with Crippen LogP contribution in [0.25, 0.3) is 11.3 Å². The summed E-state index contributed by atoms with van der Waals surface area (Å²) in [7, 11) is 1.56. The van der Waals surface area contributed by atoms with E-state index in [1.54, 1.807) is 32.4 Å². The molecule has 7 nitrogen and oxygen atoms in total. The lowest BCUT2D eigenvalue weighted by Gasteiger charge is -2.27. The maximum absolute atomic E-state index is 12.0. The Hall–Kier alpha value is -3.59. The Bertz CT molecular complexity index is 1490. The van der Waals surface area contributed by atoms with Crippen LogP contribution in [0.4, 0.5) is 11.4 Å². The number of amides is 1. The lowest BCUT2D eigenvalue weighted by molar-refractivity contribution is -0.115. The standard InChI is InChI=1S/C28H24Cl2N4O3S/c1-3-24(35)32-19-11-10-16(15-23(19)36-2)34-27(26(33-28(34)38)20-9-4-5-14-31-20)22-13-12-21(37-22)17-7-6-8-18(29)25(17)30/h4-15,26-27H,3H2,1-2H3,(H,32,35)(H,33,38)/t26-,27-/m0/s1. The number of ether oxygens (including phenoxy) is 1. The molecule has 2 aromatic carbocycles. The van der Waals surface area contributed by atoms with Crippen molar-refractivity contribution in [1.29, 1.82) is 0 Å². The van der Waals surface area contributed by atoms with E-state index in [-0.39, 0.29) is 18.0 Å². The summed E-state index contributed by atoms with van der Waals surface area (Å²) in [5, 5.41) is 7.64. The van der Waals surface area contributed by atoms with Gasteiger partial charge in [0.05, 0.1) is 34.6 Å². The molecular formula is C28H24Cl2N4O3S. The van der Waals surface area contributed by atoms with Crippen molar-refractivity contribution >= 4 is 57.8 Å². The van der Waals surface area contributed by atoms with Crippen LogP contribution in [0.1, 0.15) is 36.9 Å². The molecule has 194 valence electrons. The minimum absolute atomic E-state index is 0.106. The Morgan fingerprint density at radius 2 is 2.00 bits per heavy atom. The third kappa shape index (κ3) is 4.95. The second-order valence-electron chi connectivity index (χ2n) is 8.59. The summed E-state index contributed by atoms with van der Waals surface area (Å²) >= 11 is 18.5. The maximum Gasteiger partial charge on any atom is 0.224 e. The third-order valence-corrected chi connectivity index (χ3v) is 7.43. The molecule has 0 radical (unpaired) electrons. The average molecular weight is 567 g/mol. The number of carbonyl (C=O) groups excluding carboxylic acids is 1. The van der Waals surface area contributed by atoms with Crippen molar-refractivity contribution in [3.05, 3.63) is 94.4 Å². The lowest BCUT2D eigenvalue weighted by atomic mass is 10.0. The Balaban J connectivity index is 1.59. The van der Waals surface area contributed by atoms with Crippen molar-refractivity contribution in [2.45, 2.75) is 25.4 Å². The zero-order valence-corrected chi connectivity index (χ0v) is 22.9. The van der Waals surface area contributed by atoms with E-state index in [1.165, 1.54) is 0 Å². The van der Waals surface area contributed by atoms with Crippen LogP contribution in [0.2, 0.25) is 10.0 Å². The molecule has 1 saturated heterocycles. The van der Waals surface area contributed by atoms with Gasteiger partial charge in [-0.15, -0.1) is 0 Å². The van der Waals surface area contributed by atoms with Gasteiger partial charge in [-0.25, -0.2) is 0 Å². The van der Waals surface area contributed by atoms with Crippen molar-refractivity contribution in [3.63, 3.8) is 0 Å².